The number of nitrogens with zero attached hydrogens (tertiary/aromatic N) is 5. The largest absolute Gasteiger partial charge is 0.383 e. The third-order valence-electron chi connectivity index (χ3n) is 5.86. The van der Waals surface area contributed by atoms with Crippen LogP contribution in [0.1, 0.15) is 11.3 Å². The van der Waals surface area contributed by atoms with Crippen molar-refractivity contribution in [2.45, 2.75) is 19.1 Å². The number of rotatable bonds is 7. The van der Waals surface area contributed by atoms with Crippen LogP contribution in [0.4, 0.5) is 5.82 Å². The molecule has 9 nitrogen and oxygen atoms in total. The predicted octanol–water partition coefficient (Wildman–Crippen LogP) is 3.44. The lowest BCUT2D eigenvalue weighted by molar-refractivity contribution is -0.145. The molecule has 11 heteroatoms. The number of piperazine rings is 1. The summed E-state index contributed by atoms with van der Waals surface area (Å²) in [5.74, 6) is 1.13. The van der Waals surface area contributed by atoms with E-state index in [1.807, 2.05) is 41.3 Å². The fraction of sp³-hybridized carbons (Fsp3) is 0.304. The van der Waals surface area contributed by atoms with E-state index in [2.05, 4.69) is 20.0 Å². The number of thiophene rings is 1. The standard InChI is InChI=1S/C23H23ClN6O3S/c1-32-12-18-23(31)30(10-14-2-3-16-17(8-14)26-13-27-22(16)25)7-6-29(18)11-15-9-19(33-28-15)20-4-5-21(24)34-20/h2-5,8-9,13,18H,6-7,10-12H2,1H3,(H2,25,26,27)/t18-/m0/s1. The summed E-state index contributed by atoms with van der Waals surface area (Å²) in [5.41, 5.74) is 8.43. The summed E-state index contributed by atoms with van der Waals surface area (Å²) in [6, 6.07) is 11.0. The van der Waals surface area contributed by atoms with Crippen LogP contribution >= 0.6 is 22.9 Å². The van der Waals surface area contributed by atoms with Crippen LogP contribution in [0, 0.1) is 0 Å². The van der Waals surface area contributed by atoms with E-state index < -0.39 is 6.04 Å². The monoisotopic (exact) mass is 498 g/mol. The molecule has 1 aliphatic rings. The number of hydrogen-bond donors (Lipinski definition) is 1. The Morgan fingerprint density at radius 1 is 1.21 bits per heavy atom. The molecule has 0 radical (unpaired) electrons. The van der Waals surface area contributed by atoms with Gasteiger partial charge < -0.3 is 19.9 Å². The van der Waals surface area contributed by atoms with E-state index in [1.54, 1.807) is 7.11 Å². The van der Waals surface area contributed by atoms with Crippen molar-refractivity contribution in [1.82, 2.24) is 24.9 Å². The van der Waals surface area contributed by atoms with Crippen LogP contribution in [0.2, 0.25) is 4.34 Å². The van der Waals surface area contributed by atoms with Crippen LogP contribution in [-0.4, -0.2) is 63.7 Å². The first kappa shape index (κ1) is 22.7. The number of methoxy groups -OCH3 is 1. The molecule has 0 unspecified atom stereocenters. The summed E-state index contributed by atoms with van der Waals surface area (Å²) < 4.78 is 11.6. The Morgan fingerprint density at radius 3 is 2.88 bits per heavy atom. The van der Waals surface area contributed by atoms with E-state index in [9.17, 15) is 4.79 Å². The van der Waals surface area contributed by atoms with Gasteiger partial charge in [0.25, 0.3) is 0 Å². The molecule has 4 heterocycles. The van der Waals surface area contributed by atoms with Crippen LogP contribution in [-0.2, 0) is 22.6 Å². The molecule has 3 aromatic heterocycles. The fourth-order valence-corrected chi connectivity index (χ4v) is 5.15. The Balaban J connectivity index is 1.29. The number of aromatic nitrogens is 3. The normalized spacial score (nSPS) is 17.1. The van der Waals surface area contributed by atoms with Gasteiger partial charge in [-0.15, -0.1) is 11.3 Å². The molecule has 4 aromatic rings. The van der Waals surface area contributed by atoms with Crippen molar-refractivity contribution >= 4 is 45.6 Å². The molecule has 5 rings (SSSR count). The number of carbonyl (C=O) groups excluding carboxylic acids is 1. The van der Waals surface area contributed by atoms with Gasteiger partial charge >= 0.3 is 0 Å². The van der Waals surface area contributed by atoms with Crippen molar-refractivity contribution in [2.75, 3.05) is 32.5 Å². The van der Waals surface area contributed by atoms with Crippen LogP contribution in [0.15, 0.2) is 47.2 Å². The quantitative estimate of drug-likeness (QED) is 0.412. The Morgan fingerprint density at radius 2 is 2.09 bits per heavy atom. The van der Waals surface area contributed by atoms with Crippen molar-refractivity contribution in [3.63, 3.8) is 0 Å². The zero-order chi connectivity index (χ0) is 23.7. The van der Waals surface area contributed by atoms with Gasteiger partial charge in [-0.1, -0.05) is 22.8 Å². The molecule has 176 valence electrons. The van der Waals surface area contributed by atoms with Crippen LogP contribution in [0.25, 0.3) is 21.5 Å². The Hall–Kier alpha value is -3.05. The molecule has 0 aliphatic carbocycles. The lowest BCUT2D eigenvalue weighted by Crippen LogP contribution is -2.57. The van der Waals surface area contributed by atoms with Gasteiger partial charge in [0.05, 0.1) is 27.0 Å². The second-order valence-corrected chi connectivity index (χ2v) is 9.81. The summed E-state index contributed by atoms with van der Waals surface area (Å²) in [6.07, 6.45) is 1.45. The van der Waals surface area contributed by atoms with Gasteiger partial charge in [0.15, 0.2) is 5.76 Å². The van der Waals surface area contributed by atoms with E-state index in [0.717, 1.165) is 27.0 Å². The number of nitrogens with two attached hydrogens (primary N) is 1. The number of nitrogen functional groups attached to an aromatic ring is 1. The Kier molecular flexibility index (Phi) is 6.46. The number of benzene rings is 1. The van der Waals surface area contributed by atoms with Gasteiger partial charge in [-0.2, -0.15) is 0 Å². The predicted molar refractivity (Wildman–Crippen MR) is 130 cm³/mol. The molecular weight excluding hydrogens is 476 g/mol. The molecule has 1 saturated heterocycles. The molecule has 2 N–H and O–H groups in total. The molecule has 34 heavy (non-hydrogen) atoms. The highest BCUT2D eigenvalue weighted by Gasteiger charge is 2.35. The highest BCUT2D eigenvalue weighted by Crippen LogP contribution is 2.31. The minimum absolute atomic E-state index is 0.0177. The van der Waals surface area contributed by atoms with Crippen molar-refractivity contribution in [2.24, 2.45) is 0 Å². The third kappa shape index (κ3) is 4.62. The first-order chi connectivity index (χ1) is 16.5. The smallest absolute Gasteiger partial charge is 0.242 e. The first-order valence-electron chi connectivity index (χ1n) is 10.7. The minimum Gasteiger partial charge on any atom is -0.383 e. The molecule has 1 aliphatic heterocycles. The van der Waals surface area contributed by atoms with Gasteiger partial charge in [0.1, 0.15) is 18.2 Å². The van der Waals surface area contributed by atoms with Crippen molar-refractivity contribution < 1.29 is 14.1 Å². The van der Waals surface area contributed by atoms with Crippen molar-refractivity contribution in [3.05, 3.63) is 58.3 Å². The number of anilines is 1. The number of amides is 1. The van der Waals surface area contributed by atoms with E-state index >= 15 is 0 Å². The van der Waals surface area contributed by atoms with Gasteiger partial charge in [-0.05, 0) is 29.8 Å². The summed E-state index contributed by atoms with van der Waals surface area (Å²) >= 11 is 7.46. The van der Waals surface area contributed by atoms with Gasteiger partial charge in [-0.25, -0.2) is 9.97 Å². The summed E-state index contributed by atoms with van der Waals surface area (Å²) in [7, 11) is 1.60. The lowest BCUT2D eigenvalue weighted by atomic mass is 10.1. The minimum atomic E-state index is -0.409. The van der Waals surface area contributed by atoms with Crippen molar-refractivity contribution in [1.29, 1.82) is 0 Å². The average molecular weight is 499 g/mol. The molecule has 0 saturated carbocycles. The fourth-order valence-electron chi connectivity index (χ4n) is 4.16. The summed E-state index contributed by atoms with van der Waals surface area (Å²) in [6.45, 7) is 2.55. The number of fused-ring (bicyclic) bond motifs is 1. The van der Waals surface area contributed by atoms with Gasteiger partial charge in [-0.3, -0.25) is 9.69 Å². The highest BCUT2D eigenvalue weighted by atomic mass is 35.5. The highest BCUT2D eigenvalue weighted by molar-refractivity contribution is 7.19. The molecular formula is C23H23ClN6O3S. The number of hydrogen-bond acceptors (Lipinski definition) is 9. The number of ether oxygens (including phenoxy) is 1. The van der Waals surface area contributed by atoms with E-state index in [-0.39, 0.29) is 5.91 Å². The molecule has 1 fully saturated rings. The zero-order valence-corrected chi connectivity index (χ0v) is 20.1. The zero-order valence-electron chi connectivity index (χ0n) is 18.5. The Labute approximate surface area is 205 Å². The SMILES string of the molecule is COC[C@H]1C(=O)N(Cc2ccc3c(N)ncnc3c2)CCN1Cc1cc(-c2ccc(Cl)s2)on1. The van der Waals surface area contributed by atoms with Crippen LogP contribution in [0.5, 0.6) is 0 Å². The number of carbonyl (C=O) groups is 1. The van der Waals surface area contributed by atoms with E-state index in [1.165, 1.54) is 17.7 Å². The molecule has 1 atom stereocenters. The summed E-state index contributed by atoms with van der Waals surface area (Å²) in [5, 5.41) is 5.00. The number of halogens is 1. The maximum absolute atomic E-state index is 13.4. The third-order valence-corrected chi connectivity index (χ3v) is 7.11. The van der Waals surface area contributed by atoms with Crippen molar-refractivity contribution in [3.8, 4) is 10.6 Å². The van der Waals surface area contributed by atoms with Gasteiger partial charge in [0, 0.05) is 44.7 Å². The molecule has 1 aromatic carbocycles. The lowest BCUT2D eigenvalue weighted by Gasteiger charge is -2.40. The maximum Gasteiger partial charge on any atom is 0.242 e. The van der Waals surface area contributed by atoms with E-state index in [4.69, 9.17) is 26.6 Å². The van der Waals surface area contributed by atoms with Gasteiger partial charge in [0.2, 0.25) is 5.91 Å². The maximum atomic E-state index is 13.4. The second kappa shape index (κ2) is 9.67. The summed E-state index contributed by atoms with van der Waals surface area (Å²) in [4.78, 5) is 26.5. The van der Waals surface area contributed by atoms with E-state index in [0.29, 0.717) is 48.7 Å². The van der Waals surface area contributed by atoms with Crippen LogP contribution < -0.4 is 5.73 Å². The first-order valence-corrected chi connectivity index (χ1v) is 11.9. The molecule has 1 amide bonds. The van der Waals surface area contributed by atoms with Crippen LogP contribution in [0.3, 0.4) is 0 Å². The molecule has 0 spiro atoms. The topological polar surface area (TPSA) is 111 Å². The molecule has 0 bridgehead atoms. The Bertz CT molecular complexity index is 1330. The average Bonchev–Trinajstić information content (AvgIpc) is 3.47. The second-order valence-electron chi connectivity index (χ2n) is 8.10.